The number of carbonyl (C=O) groups excluding carboxylic acids is 1. The quantitative estimate of drug-likeness (QED) is 0.443. The van der Waals surface area contributed by atoms with Crippen molar-refractivity contribution in [2.75, 3.05) is 13.2 Å². The van der Waals surface area contributed by atoms with Crippen molar-refractivity contribution in [2.24, 2.45) is 0 Å². The van der Waals surface area contributed by atoms with Gasteiger partial charge in [0.1, 0.15) is 29.5 Å². The number of aromatic nitrogens is 1. The topological polar surface area (TPSA) is 60.9 Å². The van der Waals surface area contributed by atoms with Crippen LogP contribution in [0.15, 0.2) is 73.1 Å². The number of hydrogen-bond acceptors (Lipinski definition) is 5. The van der Waals surface area contributed by atoms with E-state index < -0.39 is 5.60 Å². The van der Waals surface area contributed by atoms with Gasteiger partial charge < -0.3 is 19.1 Å². The maximum Gasteiger partial charge on any atom is 0.410 e. The Labute approximate surface area is 195 Å². The fourth-order valence-electron chi connectivity index (χ4n) is 3.75. The first-order chi connectivity index (χ1) is 15.9. The number of pyridine rings is 1. The molecule has 0 spiro atoms. The summed E-state index contributed by atoms with van der Waals surface area (Å²) in [4.78, 5) is 18.4. The molecule has 1 unspecified atom stereocenters. The van der Waals surface area contributed by atoms with E-state index in [0.717, 1.165) is 41.2 Å². The highest BCUT2D eigenvalue weighted by atomic mass is 16.6. The maximum absolute atomic E-state index is 12.4. The molecule has 1 saturated heterocycles. The summed E-state index contributed by atoms with van der Waals surface area (Å²) in [5.74, 6) is 2.23. The fraction of sp³-hybridized carbons (Fsp3) is 0.333. The van der Waals surface area contributed by atoms with Crippen LogP contribution in [0.4, 0.5) is 4.79 Å². The number of hydrogen-bond donors (Lipinski definition) is 0. The van der Waals surface area contributed by atoms with Crippen molar-refractivity contribution in [1.29, 1.82) is 0 Å². The van der Waals surface area contributed by atoms with Gasteiger partial charge in [0.25, 0.3) is 0 Å². The molecule has 6 heteroatoms. The molecule has 1 aromatic heterocycles. The fourth-order valence-corrected chi connectivity index (χ4v) is 3.75. The zero-order valence-corrected chi connectivity index (χ0v) is 19.4. The lowest BCUT2D eigenvalue weighted by Crippen LogP contribution is -2.42. The van der Waals surface area contributed by atoms with Crippen LogP contribution in [0.2, 0.25) is 0 Å². The van der Waals surface area contributed by atoms with Gasteiger partial charge in [0.05, 0.1) is 6.04 Å². The molecule has 1 amide bonds. The zero-order chi connectivity index (χ0) is 23.3. The Morgan fingerprint density at radius 3 is 2.27 bits per heavy atom. The van der Waals surface area contributed by atoms with Crippen LogP contribution in [0.25, 0.3) is 11.1 Å². The molecule has 0 saturated carbocycles. The molecule has 0 aliphatic carbocycles. The Morgan fingerprint density at radius 2 is 1.64 bits per heavy atom. The van der Waals surface area contributed by atoms with E-state index in [-0.39, 0.29) is 12.1 Å². The Balaban J connectivity index is 1.30. The predicted molar refractivity (Wildman–Crippen MR) is 128 cm³/mol. The summed E-state index contributed by atoms with van der Waals surface area (Å²) in [5.41, 5.74) is 1.66. The molecule has 0 bridgehead atoms. The third-order valence-corrected chi connectivity index (χ3v) is 5.36. The maximum atomic E-state index is 12.4. The number of likely N-dealkylation sites (tertiary alicyclic amines) is 1. The van der Waals surface area contributed by atoms with Gasteiger partial charge in [-0.1, -0.05) is 18.2 Å². The lowest BCUT2D eigenvalue weighted by Gasteiger charge is -2.28. The van der Waals surface area contributed by atoms with Crippen LogP contribution in [-0.2, 0) is 4.74 Å². The molecular formula is C27H30N2O4. The van der Waals surface area contributed by atoms with Crippen LogP contribution in [-0.4, -0.2) is 40.8 Å². The number of amides is 1. The van der Waals surface area contributed by atoms with Crippen molar-refractivity contribution in [2.45, 2.75) is 45.3 Å². The van der Waals surface area contributed by atoms with Crippen molar-refractivity contribution in [3.05, 3.63) is 73.1 Å². The van der Waals surface area contributed by atoms with Gasteiger partial charge in [-0.15, -0.1) is 0 Å². The highest BCUT2D eigenvalue weighted by Gasteiger charge is 2.32. The van der Waals surface area contributed by atoms with Crippen LogP contribution < -0.4 is 9.47 Å². The number of ether oxygens (including phenoxy) is 3. The van der Waals surface area contributed by atoms with Gasteiger partial charge in [-0.25, -0.2) is 4.79 Å². The van der Waals surface area contributed by atoms with Crippen molar-refractivity contribution in [3.63, 3.8) is 0 Å². The van der Waals surface area contributed by atoms with Gasteiger partial charge in [0, 0.05) is 18.9 Å². The lowest BCUT2D eigenvalue weighted by atomic mass is 10.1. The van der Waals surface area contributed by atoms with Crippen LogP contribution >= 0.6 is 0 Å². The Bertz CT molecular complexity index is 1040. The van der Waals surface area contributed by atoms with Crippen LogP contribution in [0, 0.1) is 0 Å². The second-order valence-corrected chi connectivity index (χ2v) is 9.12. The average molecular weight is 447 g/mol. The van der Waals surface area contributed by atoms with Crippen molar-refractivity contribution < 1.29 is 19.0 Å². The van der Waals surface area contributed by atoms with E-state index in [4.69, 9.17) is 14.2 Å². The smallest absolute Gasteiger partial charge is 0.410 e. The summed E-state index contributed by atoms with van der Waals surface area (Å²) < 4.78 is 17.4. The minimum Gasteiger partial charge on any atom is -0.491 e. The molecule has 4 rings (SSSR count). The molecule has 33 heavy (non-hydrogen) atoms. The van der Waals surface area contributed by atoms with Crippen LogP contribution in [0.1, 0.15) is 33.6 Å². The number of carbonyl (C=O) groups is 1. The number of nitrogens with zero attached hydrogens (tertiary/aromatic N) is 2. The SMILES string of the molecule is CC(C)(C)OC(=O)N1CCCC1COc1ccc(Oc2ccc(-c3cccnc3)cc2)cc1. The van der Waals surface area contributed by atoms with Gasteiger partial charge in [-0.3, -0.25) is 4.98 Å². The van der Waals surface area contributed by atoms with Crippen molar-refractivity contribution in [3.8, 4) is 28.4 Å². The van der Waals surface area contributed by atoms with Crippen LogP contribution in [0.5, 0.6) is 17.2 Å². The molecule has 2 heterocycles. The summed E-state index contributed by atoms with van der Waals surface area (Å²) >= 11 is 0. The van der Waals surface area contributed by atoms with Crippen LogP contribution in [0.3, 0.4) is 0 Å². The Morgan fingerprint density at radius 1 is 0.970 bits per heavy atom. The number of benzene rings is 2. The third-order valence-electron chi connectivity index (χ3n) is 5.36. The van der Waals surface area contributed by atoms with Gasteiger partial charge >= 0.3 is 6.09 Å². The summed E-state index contributed by atoms with van der Waals surface area (Å²) in [6, 6.07) is 19.4. The highest BCUT2D eigenvalue weighted by Crippen LogP contribution is 2.27. The molecular weight excluding hydrogens is 416 g/mol. The molecule has 6 nitrogen and oxygen atoms in total. The van der Waals surface area contributed by atoms with Gasteiger partial charge in [-0.2, -0.15) is 0 Å². The normalized spacial score (nSPS) is 15.8. The summed E-state index contributed by atoms with van der Waals surface area (Å²) in [6.45, 7) is 6.78. The van der Waals surface area contributed by atoms with Gasteiger partial charge in [0.15, 0.2) is 0 Å². The predicted octanol–water partition coefficient (Wildman–Crippen LogP) is 6.32. The van der Waals surface area contributed by atoms with Gasteiger partial charge in [-0.05, 0) is 87.2 Å². The first-order valence-electron chi connectivity index (χ1n) is 11.3. The van der Waals surface area contributed by atoms with E-state index in [1.807, 2.05) is 87.6 Å². The molecule has 172 valence electrons. The average Bonchev–Trinajstić information content (AvgIpc) is 3.28. The minimum absolute atomic E-state index is 0.0223. The molecule has 0 N–H and O–H groups in total. The molecule has 1 fully saturated rings. The van der Waals surface area contributed by atoms with Gasteiger partial charge in [0.2, 0.25) is 0 Å². The summed E-state index contributed by atoms with van der Waals surface area (Å²) in [5, 5.41) is 0. The highest BCUT2D eigenvalue weighted by molar-refractivity contribution is 5.69. The van der Waals surface area contributed by atoms with E-state index >= 15 is 0 Å². The summed E-state index contributed by atoms with van der Waals surface area (Å²) in [6.07, 6.45) is 5.20. The molecule has 2 aromatic carbocycles. The molecule has 0 radical (unpaired) electrons. The largest absolute Gasteiger partial charge is 0.491 e. The summed E-state index contributed by atoms with van der Waals surface area (Å²) in [7, 11) is 0. The van der Waals surface area contributed by atoms with Crippen molar-refractivity contribution in [1.82, 2.24) is 9.88 Å². The van der Waals surface area contributed by atoms with E-state index in [0.29, 0.717) is 13.2 Å². The molecule has 1 atom stereocenters. The van der Waals surface area contributed by atoms with E-state index in [1.165, 1.54) is 0 Å². The van der Waals surface area contributed by atoms with E-state index in [1.54, 1.807) is 11.1 Å². The van der Waals surface area contributed by atoms with E-state index in [9.17, 15) is 4.79 Å². The number of rotatable bonds is 6. The Kier molecular flexibility index (Phi) is 6.82. The molecule has 3 aromatic rings. The molecule has 1 aliphatic heterocycles. The Hall–Kier alpha value is -3.54. The lowest BCUT2D eigenvalue weighted by molar-refractivity contribution is 0.0187. The van der Waals surface area contributed by atoms with Crippen molar-refractivity contribution >= 4 is 6.09 Å². The standard InChI is InChI=1S/C27H30N2O4/c1-27(2,3)33-26(30)29-17-5-7-22(29)19-31-23-12-14-25(15-13-23)32-24-10-8-20(9-11-24)21-6-4-16-28-18-21/h4,6,8-16,18,22H,5,7,17,19H2,1-3H3. The second-order valence-electron chi connectivity index (χ2n) is 9.12. The first-order valence-corrected chi connectivity index (χ1v) is 11.3. The van der Waals surface area contributed by atoms with E-state index in [2.05, 4.69) is 4.98 Å². The minimum atomic E-state index is -0.500. The second kappa shape index (κ2) is 9.94. The first kappa shape index (κ1) is 22.6. The third kappa shape index (κ3) is 6.25. The zero-order valence-electron chi connectivity index (χ0n) is 19.4. The monoisotopic (exact) mass is 446 g/mol. The molecule has 1 aliphatic rings.